The number of methoxy groups -OCH3 is 1. The van der Waals surface area contributed by atoms with E-state index in [4.69, 9.17) is 21.1 Å². The van der Waals surface area contributed by atoms with E-state index in [1.807, 2.05) is 6.92 Å². The Bertz CT molecular complexity index is 1410. The van der Waals surface area contributed by atoms with Gasteiger partial charge in [0.1, 0.15) is 29.1 Å². The molecule has 1 fully saturated rings. The van der Waals surface area contributed by atoms with Crippen LogP contribution in [0, 0.1) is 11.6 Å². The third-order valence-electron chi connectivity index (χ3n) is 6.31. The number of imide groups is 1. The van der Waals surface area contributed by atoms with Crippen molar-refractivity contribution in [1.29, 1.82) is 0 Å². The Morgan fingerprint density at radius 3 is 2.79 bits per heavy atom. The van der Waals surface area contributed by atoms with Crippen LogP contribution in [0.1, 0.15) is 26.2 Å². The van der Waals surface area contributed by atoms with Crippen molar-refractivity contribution < 1.29 is 27.8 Å². The number of hydrogen-bond donors (Lipinski definition) is 2. The molecule has 2 unspecified atom stereocenters. The highest BCUT2D eigenvalue weighted by Gasteiger charge is 2.33. The van der Waals surface area contributed by atoms with Gasteiger partial charge in [-0.25, -0.2) is 18.7 Å². The summed E-state index contributed by atoms with van der Waals surface area (Å²) in [6.07, 6.45) is 3.60. The minimum absolute atomic E-state index is 0.0647. The summed E-state index contributed by atoms with van der Waals surface area (Å²) in [4.78, 5) is 35.0. The number of carbonyl (C=O) groups is 2. The fourth-order valence-corrected chi connectivity index (χ4v) is 4.54. The number of piperidine rings is 1. The molecule has 3 aromatic rings. The number of carbonyl (C=O) groups excluding carboxylic acids is 2. The first-order valence-electron chi connectivity index (χ1n) is 12.4. The van der Waals surface area contributed by atoms with Crippen LogP contribution in [0.3, 0.4) is 0 Å². The molecular weight excluding hydrogens is 532 g/mol. The Kier molecular flexibility index (Phi) is 8.93. The second-order valence-electron chi connectivity index (χ2n) is 8.89. The van der Waals surface area contributed by atoms with Gasteiger partial charge in [-0.2, -0.15) is 0 Å². The molecule has 0 saturated carbocycles. The third kappa shape index (κ3) is 6.10. The lowest BCUT2D eigenvalue weighted by Gasteiger charge is -2.32. The molecule has 1 saturated heterocycles. The van der Waals surface area contributed by atoms with Gasteiger partial charge in [0.2, 0.25) is 5.91 Å². The molecule has 2 atom stereocenters. The minimum atomic E-state index is -0.953. The number of anilines is 2. The summed E-state index contributed by atoms with van der Waals surface area (Å²) in [7, 11) is 1.49. The van der Waals surface area contributed by atoms with E-state index in [2.05, 4.69) is 27.2 Å². The molecule has 0 aliphatic carbocycles. The second kappa shape index (κ2) is 12.4. The van der Waals surface area contributed by atoms with Crippen LogP contribution in [-0.4, -0.2) is 59.0 Å². The Morgan fingerprint density at radius 1 is 1.28 bits per heavy atom. The number of rotatable bonds is 9. The van der Waals surface area contributed by atoms with Crippen molar-refractivity contribution >= 4 is 45.8 Å². The summed E-state index contributed by atoms with van der Waals surface area (Å²) >= 11 is 5.72. The molecule has 2 N–H and O–H groups in total. The van der Waals surface area contributed by atoms with Gasteiger partial charge in [0.05, 0.1) is 24.4 Å². The first-order chi connectivity index (χ1) is 18.8. The van der Waals surface area contributed by atoms with E-state index < -0.39 is 28.6 Å². The van der Waals surface area contributed by atoms with Gasteiger partial charge >= 0.3 is 0 Å². The SMILES string of the molecule is C=CC(=O)N(CCC)C(=O)C1CC(Oc2cc3c(Nc4ccc(F)c(Cl)c4F)ncnc3cc2OC)CCN1. The first kappa shape index (κ1) is 28.2. The molecule has 12 heteroatoms. The number of aromatic nitrogens is 2. The maximum atomic E-state index is 14.5. The summed E-state index contributed by atoms with van der Waals surface area (Å²) in [5, 5.41) is 5.86. The summed E-state index contributed by atoms with van der Waals surface area (Å²) in [6.45, 7) is 6.17. The van der Waals surface area contributed by atoms with Crippen LogP contribution in [-0.2, 0) is 9.59 Å². The van der Waals surface area contributed by atoms with E-state index in [0.29, 0.717) is 54.8 Å². The van der Waals surface area contributed by atoms with Crippen molar-refractivity contribution in [2.45, 2.75) is 38.3 Å². The Hall–Kier alpha value is -3.83. The van der Waals surface area contributed by atoms with E-state index in [-0.39, 0.29) is 23.5 Å². The number of halogens is 3. The zero-order valence-electron chi connectivity index (χ0n) is 21.5. The molecule has 2 aromatic carbocycles. The normalized spacial score (nSPS) is 16.9. The quantitative estimate of drug-likeness (QED) is 0.285. The lowest BCUT2D eigenvalue weighted by molar-refractivity contribution is -0.144. The zero-order valence-corrected chi connectivity index (χ0v) is 22.2. The second-order valence-corrected chi connectivity index (χ2v) is 9.27. The van der Waals surface area contributed by atoms with Crippen LogP contribution in [0.5, 0.6) is 11.5 Å². The van der Waals surface area contributed by atoms with Crippen molar-refractivity contribution in [2.75, 3.05) is 25.5 Å². The molecule has 0 radical (unpaired) electrons. The number of nitrogens with zero attached hydrogens (tertiary/aromatic N) is 3. The predicted molar refractivity (Wildman–Crippen MR) is 143 cm³/mol. The molecule has 39 heavy (non-hydrogen) atoms. The highest BCUT2D eigenvalue weighted by Crippen LogP contribution is 2.37. The number of benzene rings is 2. The van der Waals surface area contributed by atoms with E-state index in [1.165, 1.54) is 24.4 Å². The van der Waals surface area contributed by atoms with Crippen molar-refractivity contribution in [3.05, 3.63) is 59.9 Å². The van der Waals surface area contributed by atoms with Crippen molar-refractivity contribution in [2.24, 2.45) is 0 Å². The van der Waals surface area contributed by atoms with Crippen LogP contribution in [0.15, 0.2) is 43.2 Å². The molecule has 9 nitrogen and oxygen atoms in total. The lowest BCUT2D eigenvalue weighted by atomic mass is 10.00. The smallest absolute Gasteiger partial charge is 0.252 e. The molecular formula is C27H28ClF2N5O4. The van der Waals surface area contributed by atoms with Gasteiger partial charge in [-0.05, 0) is 43.7 Å². The average molecular weight is 560 g/mol. The number of hydrogen-bond acceptors (Lipinski definition) is 8. The number of amides is 2. The van der Waals surface area contributed by atoms with E-state index in [1.54, 1.807) is 12.1 Å². The van der Waals surface area contributed by atoms with Crippen LogP contribution in [0.2, 0.25) is 5.02 Å². The molecule has 0 spiro atoms. The predicted octanol–water partition coefficient (Wildman–Crippen LogP) is 4.76. The Morgan fingerprint density at radius 2 is 2.08 bits per heavy atom. The number of ether oxygens (including phenoxy) is 2. The standard InChI is InChI=1S/C27H28ClF2N5O4/c1-4-10-35(23(36)5-2)27(37)20-11-15(8-9-31-20)39-22-12-16-19(13-21(22)38-3)32-14-33-26(16)34-18-7-6-17(29)24(28)25(18)30/h5-7,12-15,20,31H,2,4,8-11H2,1,3H3,(H,32,33,34). The zero-order chi connectivity index (χ0) is 28.1. The summed E-state index contributed by atoms with van der Waals surface area (Å²) in [6, 6.07) is 4.96. The molecule has 2 heterocycles. The fraction of sp³-hybridized carbons (Fsp3) is 0.333. The fourth-order valence-electron chi connectivity index (χ4n) is 4.37. The first-order valence-corrected chi connectivity index (χ1v) is 12.8. The van der Waals surface area contributed by atoms with E-state index in [0.717, 1.165) is 12.1 Å². The van der Waals surface area contributed by atoms with Crippen molar-refractivity contribution in [3.63, 3.8) is 0 Å². The highest BCUT2D eigenvalue weighted by molar-refractivity contribution is 6.31. The van der Waals surface area contributed by atoms with Crippen LogP contribution >= 0.6 is 11.6 Å². The maximum Gasteiger partial charge on any atom is 0.252 e. The molecule has 4 rings (SSSR count). The van der Waals surface area contributed by atoms with Crippen LogP contribution in [0.4, 0.5) is 20.3 Å². The van der Waals surface area contributed by atoms with Gasteiger partial charge in [0, 0.05) is 24.4 Å². The number of fused-ring (bicyclic) bond motifs is 1. The monoisotopic (exact) mass is 559 g/mol. The van der Waals surface area contributed by atoms with Crippen LogP contribution in [0.25, 0.3) is 10.9 Å². The third-order valence-corrected chi connectivity index (χ3v) is 6.66. The number of nitrogens with one attached hydrogen (secondary N) is 2. The average Bonchev–Trinajstić information content (AvgIpc) is 2.95. The molecule has 206 valence electrons. The van der Waals surface area contributed by atoms with Crippen molar-refractivity contribution in [3.8, 4) is 11.5 Å². The topological polar surface area (TPSA) is 106 Å². The minimum Gasteiger partial charge on any atom is -0.493 e. The van der Waals surface area contributed by atoms with Gasteiger partial charge < -0.3 is 20.1 Å². The lowest BCUT2D eigenvalue weighted by Crippen LogP contribution is -2.53. The molecule has 2 amide bonds. The largest absolute Gasteiger partial charge is 0.493 e. The molecule has 1 aliphatic heterocycles. The van der Waals surface area contributed by atoms with Gasteiger partial charge in [-0.3, -0.25) is 14.5 Å². The van der Waals surface area contributed by atoms with E-state index in [9.17, 15) is 18.4 Å². The van der Waals surface area contributed by atoms with Gasteiger partial charge in [-0.15, -0.1) is 0 Å². The van der Waals surface area contributed by atoms with Gasteiger partial charge in [0.15, 0.2) is 17.3 Å². The molecule has 1 aromatic heterocycles. The van der Waals surface area contributed by atoms with Gasteiger partial charge in [0.25, 0.3) is 5.91 Å². The highest BCUT2D eigenvalue weighted by atomic mass is 35.5. The molecule has 0 bridgehead atoms. The Labute approximate surface area is 229 Å². The summed E-state index contributed by atoms with van der Waals surface area (Å²) in [5.41, 5.74) is 0.423. The maximum absolute atomic E-state index is 14.5. The Balaban J connectivity index is 1.60. The van der Waals surface area contributed by atoms with Crippen LogP contribution < -0.4 is 20.1 Å². The van der Waals surface area contributed by atoms with E-state index >= 15 is 0 Å². The molecule has 1 aliphatic rings. The summed E-state index contributed by atoms with van der Waals surface area (Å²) in [5.74, 6) is -1.60. The summed E-state index contributed by atoms with van der Waals surface area (Å²) < 4.78 is 40.0. The van der Waals surface area contributed by atoms with Crippen molar-refractivity contribution in [1.82, 2.24) is 20.2 Å². The van der Waals surface area contributed by atoms with Gasteiger partial charge in [-0.1, -0.05) is 25.1 Å².